The molecule has 1 heterocycles. The van der Waals surface area contributed by atoms with Gasteiger partial charge in [0.05, 0.1) is 0 Å². The molecule has 0 aromatic carbocycles. The van der Waals surface area contributed by atoms with E-state index in [1.165, 1.54) is 0 Å². The van der Waals surface area contributed by atoms with Crippen molar-refractivity contribution in [3.8, 4) is 0 Å². The third-order valence-electron chi connectivity index (χ3n) is 3.17. The molecule has 0 atom stereocenters. The topological polar surface area (TPSA) is 54.0 Å². The van der Waals surface area contributed by atoms with Crippen LogP contribution in [-0.2, 0) is 6.42 Å². The summed E-state index contributed by atoms with van der Waals surface area (Å²) >= 11 is 0. The Labute approximate surface area is 128 Å². The Morgan fingerprint density at radius 3 is 2.52 bits per heavy atom. The smallest absolute Gasteiger partial charge is 0.251 e. The van der Waals surface area contributed by atoms with Crippen LogP contribution < -0.4 is 10.6 Å². The first-order valence-electron chi connectivity index (χ1n) is 7.88. The highest BCUT2D eigenvalue weighted by Gasteiger charge is 2.13. The molecule has 1 aromatic rings. The lowest BCUT2D eigenvalue weighted by Crippen LogP contribution is -2.27. The van der Waals surface area contributed by atoms with Gasteiger partial charge in [0.15, 0.2) is 0 Å². The molecule has 0 saturated heterocycles. The molecule has 0 fully saturated rings. The zero-order valence-electron chi connectivity index (χ0n) is 14.0. The standard InChI is InChI=1S/C17H29N3O/c1-6-8-14-11-13(12-15(20-14)18-7-2)16(21)19-10-9-17(3,4)5/h11-12H,6-10H2,1-5H3,(H,18,20)(H,19,21). The SMILES string of the molecule is CCCc1cc(C(=O)NCCC(C)(C)C)cc(NCC)n1. The van der Waals surface area contributed by atoms with E-state index in [0.717, 1.165) is 37.3 Å². The number of anilines is 1. The summed E-state index contributed by atoms with van der Waals surface area (Å²) in [5, 5.41) is 6.19. The van der Waals surface area contributed by atoms with Gasteiger partial charge in [-0.15, -0.1) is 0 Å². The van der Waals surface area contributed by atoms with E-state index in [1.807, 2.05) is 19.1 Å². The van der Waals surface area contributed by atoms with Crippen LogP contribution in [0.3, 0.4) is 0 Å². The Balaban J connectivity index is 2.77. The van der Waals surface area contributed by atoms with Crippen molar-refractivity contribution in [3.63, 3.8) is 0 Å². The highest BCUT2D eigenvalue weighted by atomic mass is 16.1. The maximum absolute atomic E-state index is 12.3. The number of nitrogens with one attached hydrogen (secondary N) is 2. The Morgan fingerprint density at radius 1 is 1.24 bits per heavy atom. The Hall–Kier alpha value is -1.58. The maximum atomic E-state index is 12.3. The molecule has 1 aromatic heterocycles. The fraction of sp³-hybridized carbons (Fsp3) is 0.647. The number of hydrogen-bond acceptors (Lipinski definition) is 3. The molecule has 21 heavy (non-hydrogen) atoms. The number of carbonyl (C=O) groups excluding carboxylic acids is 1. The number of rotatable bonds is 7. The van der Waals surface area contributed by atoms with Gasteiger partial charge in [-0.25, -0.2) is 4.98 Å². The van der Waals surface area contributed by atoms with Crippen molar-refractivity contribution in [2.75, 3.05) is 18.4 Å². The normalized spacial score (nSPS) is 11.3. The van der Waals surface area contributed by atoms with Crippen LogP contribution in [0.25, 0.3) is 0 Å². The van der Waals surface area contributed by atoms with E-state index in [0.29, 0.717) is 12.1 Å². The molecular weight excluding hydrogens is 262 g/mol. The van der Waals surface area contributed by atoms with Gasteiger partial charge in [0, 0.05) is 24.3 Å². The van der Waals surface area contributed by atoms with Crippen molar-refractivity contribution in [1.82, 2.24) is 10.3 Å². The van der Waals surface area contributed by atoms with Crippen molar-refractivity contribution in [1.29, 1.82) is 0 Å². The minimum atomic E-state index is -0.0156. The molecule has 2 N–H and O–H groups in total. The van der Waals surface area contributed by atoms with E-state index in [9.17, 15) is 4.79 Å². The van der Waals surface area contributed by atoms with Gasteiger partial charge in [0.2, 0.25) is 0 Å². The van der Waals surface area contributed by atoms with Gasteiger partial charge < -0.3 is 10.6 Å². The second-order valence-corrected chi connectivity index (χ2v) is 6.58. The molecule has 4 heteroatoms. The Kier molecular flexibility index (Phi) is 6.66. The molecule has 0 bridgehead atoms. The quantitative estimate of drug-likeness (QED) is 0.806. The maximum Gasteiger partial charge on any atom is 0.251 e. The van der Waals surface area contributed by atoms with E-state index in [-0.39, 0.29) is 11.3 Å². The molecule has 0 unspecified atom stereocenters. The van der Waals surface area contributed by atoms with Crippen molar-refractivity contribution in [2.24, 2.45) is 5.41 Å². The van der Waals surface area contributed by atoms with Crippen LogP contribution in [0.4, 0.5) is 5.82 Å². The fourth-order valence-corrected chi connectivity index (χ4v) is 2.03. The van der Waals surface area contributed by atoms with Crippen LogP contribution in [0.2, 0.25) is 0 Å². The molecule has 1 rings (SSSR count). The number of aromatic nitrogens is 1. The average Bonchev–Trinajstić information content (AvgIpc) is 2.37. The summed E-state index contributed by atoms with van der Waals surface area (Å²) in [6.07, 6.45) is 2.88. The molecule has 0 radical (unpaired) electrons. The van der Waals surface area contributed by atoms with Crippen molar-refractivity contribution in [2.45, 2.75) is 53.9 Å². The second kappa shape index (κ2) is 8.01. The van der Waals surface area contributed by atoms with Crippen molar-refractivity contribution >= 4 is 11.7 Å². The van der Waals surface area contributed by atoms with Crippen LogP contribution in [-0.4, -0.2) is 24.0 Å². The predicted octanol–water partition coefficient (Wildman–Crippen LogP) is 3.63. The van der Waals surface area contributed by atoms with Gasteiger partial charge in [-0.3, -0.25) is 4.79 Å². The average molecular weight is 291 g/mol. The predicted molar refractivity (Wildman–Crippen MR) is 88.8 cm³/mol. The number of carbonyl (C=O) groups is 1. The highest BCUT2D eigenvalue weighted by Crippen LogP contribution is 2.17. The van der Waals surface area contributed by atoms with Crippen LogP contribution in [0, 0.1) is 5.41 Å². The van der Waals surface area contributed by atoms with Crippen LogP contribution in [0.1, 0.15) is 63.5 Å². The molecule has 0 saturated carbocycles. The highest BCUT2D eigenvalue weighted by molar-refractivity contribution is 5.95. The summed E-state index contributed by atoms with van der Waals surface area (Å²) in [5.41, 5.74) is 1.89. The number of pyridine rings is 1. The lowest BCUT2D eigenvalue weighted by Gasteiger charge is -2.18. The van der Waals surface area contributed by atoms with E-state index in [4.69, 9.17) is 0 Å². The molecule has 0 aliphatic heterocycles. The van der Waals surface area contributed by atoms with Gasteiger partial charge in [-0.05, 0) is 37.3 Å². The third-order valence-corrected chi connectivity index (χ3v) is 3.17. The van der Waals surface area contributed by atoms with Crippen LogP contribution >= 0.6 is 0 Å². The first-order valence-corrected chi connectivity index (χ1v) is 7.88. The van der Waals surface area contributed by atoms with Crippen molar-refractivity contribution in [3.05, 3.63) is 23.4 Å². The molecule has 1 amide bonds. The van der Waals surface area contributed by atoms with Gasteiger partial charge in [0.25, 0.3) is 5.91 Å². The summed E-state index contributed by atoms with van der Waals surface area (Å²) in [6.45, 7) is 12.2. The zero-order valence-corrected chi connectivity index (χ0v) is 14.0. The molecular formula is C17H29N3O. The number of nitrogens with zero attached hydrogens (tertiary/aromatic N) is 1. The Bertz CT molecular complexity index is 439. The lowest BCUT2D eigenvalue weighted by atomic mass is 9.92. The third kappa shape index (κ3) is 6.61. The van der Waals surface area contributed by atoms with E-state index >= 15 is 0 Å². The largest absolute Gasteiger partial charge is 0.370 e. The molecule has 118 valence electrons. The van der Waals surface area contributed by atoms with E-state index in [2.05, 4.69) is 43.3 Å². The van der Waals surface area contributed by atoms with Gasteiger partial charge in [-0.2, -0.15) is 0 Å². The monoisotopic (exact) mass is 291 g/mol. The summed E-state index contributed by atoms with van der Waals surface area (Å²) < 4.78 is 0. The zero-order chi connectivity index (χ0) is 15.9. The minimum absolute atomic E-state index is 0.0156. The summed E-state index contributed by atoms with van der Waals surface area (Å²) in [4.78, 5) is 16.8. The van der Waals surface area contributed by atoms with Crippen LogP contribution in [0.5, 0.6) is 0 Å². The molecule has 4 nitrogen and oxygen atoms in total. The van der Waals surface area contributed by atoms with Gasteiger partial charge in [-0.1, -0.05) is 34.1 Å². The summed E-state index contributed by atoms with van der Waals surface area (Å²) in [5.74, 6) is 0.766. The minimum Gasteiger partial charge on any atom is -0.370 e. The Morgan fingerprint density at radius 2 is 1.95 bits per heavy atom. The number of aryl methyl sites for hydroxylation is 1. The van der Waals surface area contributed by atoms with E-state index in [1.54, 1.807) is 0 Å². The summed E-state index contributed by atoms with van der Waals surface area (Å²) in [7, 11) is 0. The fourth-order valence-electron chi connectivity index (χ4n) is 2.03. The number of hydrogen-bond donors (Lipinski definition) is 2. The first-order chi connectivity index (χ1) is 9.85. The lowest BCUT2D eigenvalue weighted by molar-refractivity contribution is 0.0949. The van der Waals surface area contributed by atoms with Crippen molar-refractivity contribution < 1.29 is 4.79 Å². The second-order valence-electron chi connectivity index (χ2n) is 6.58. The van der Waals surface area contributed by atoms with Gasteiger partial charge in [0.1, 0.15) is 5.82 Å². The molecule has 0 aliphatic carbocycles. The molecule has 0 aliphatic rings. The first kappa shape index (κ1) is 17.5. The summed E-state index contributed by atoms with van der Waals surface area (Å²) in [6, 6.07) is 3.73. The molecule has 0 spiro atoms. The number of amides is 1. The van der Waals surface area contributed by atoms with Crippen LogP contribution in [0.15, 0.2) is 12.1 Å². The van der Waals surface area contributed by atoms with Gasteiger partial charge >= 0.3 is 0 Å². The van der Waals surface area contributed by atoms with E-state index < -0.39 is 0 Å².